The van der Waals surface area contributed by atoms with Crippen LogP contribution in [0.2, 0.25) is 0 Å². The van der Waals surface area contributed by atoms with Crippen molar-refractivity contribution in [2.75, 3.05) is 13.6 Å². The van der Waals surface area contributed by atoms with Crippen LogP contribution < -0.4 is 5.32 Å². The van der Waals surface area contributed by atoms with Crippen molar-refractivity contribution in [1.82, 2.24) is 5.32 Å². The number of allylic oxidation sites excluding steroid dienone is 2. The third-order valence-electron chi connectivity index (χ3n) is 3.16. The zero-order chi connectivity index (χ0) is 10.7. The maximum atomic E-state index is 12.9. The number of likely N-dealkylation sites (N-methyl/N-ethyl adjacent to an activating group) is 1. The molecule has 0 fully saturated rings. The molecule has 0 amide bonds. The molecule has 15 heavy (non-hydrogen) atoms. The van der Waals surface area contributed by atoms with Gasteiger partial charge in [0.15, 0.2) is 0 Å². The van der Waals surface area contributed by atoms with E-state index in [1.165, 1.54) is 5.56 Å². The molecule has 2 heteroatoms. The fourth-order valence-corrected chi connectivity index (χ4v) is 2.33. The summed E-state index contributed by atoms with van der Waals surface area (Å²) in [6.45, 7) is 0.936. The van der Waals surface area contributed by atoms with Gasteiger partial charge in [0, 0.05) is 12.0 Å². The highest BCUT2D eigenvalue weighted by atomic mass is 19.1. The average Bonchev–Trinajstić information content (AvgIpc) is 2.69. The molecule has 1 aromatic rings. The number of rotatable bonds is 3. The van der Waals surface area contributed by atoms with E-state index in [2.05, 4.69) is 17.5 Å². The molecule has 0 aliphatic heterocycles. The highest BCUT2D eigenvalue weighted by Crippen LogP contribution is 2.36. The maximum Gasteiger partial charge on any atom is 0.123 e. The summed E-state index contributed by atoms with van der Waals surface area (Å²) in [4.78, 5) is 0. The predicted molar refractivity (Wildman–Crippen MR) is 60.4 cm³/mol. The second kappa shape index (κ2) is 4.15. The maximum absolute atomic E-state index is 12.9. The van der Waals surface area contributed by atoms with E-state index in [0.29, 0.717) is 0 Å². The fourth-order valence-electron chi connectivity index (χ4n) is 2.33. The van der Waals surface area contributed by atoms with Crippen LogP contribution in [-0.4, -0.2) is 13.6 Å². The lowest BCUT2D eigenvalue weighted by molar-refractivity contribution is 0.435. The summed E-state index contributed by atoms with van der Waals surface area (Å²) >= 11 is 0. The van der Waals surface area contributed by atoms with Gasteiger partial charge < -0.3 is 5.32 Å². The van der Waals surface area contributed by atoms with Crippen molar-refractivity contribution < 1.29 is 4.39 Å². The summed E-state index contributed by atoms with van der Waals surface area (Å²) in [7, 11) is 1.96. The van der Waals surface area contributed by atoms with Crippen LogP contribution in [0.3, 0.4) is 0 Å². The molecule has 0 unspecified atom stereocenters. The van der Waals surface area contributed by atoms with Crippen molar-refractivity contribution in [3.8, 4) is 0 Å². The molecule has 0 atom stereocenters. The second-order valence-corrected chi connectivity index (χ2v) is 4.20. The molecule has 2 rings (SSSR count). The van der Waals surface area contributed by atoms with Crippen LogP contribution >= 0.6 is 0 Å². The normalized spacial score (nSPS) is 18.3. The van der Waals surface area contributed by atoms with E-state index < -0.39 is 0 Å². The number of halogens is 1. The summed E-state index contributed by atoms with van der Waals surface area (Å²) in [5.74, 6) is -0.163. The van der Waals surface area contributed by atoms with Gasteiger partial charge in [-0.05, 0) is 37.6 Å². The minimum atomic E-state index is -0.163. The molecule has 1 aliphatic carbocycles. The Bertz CT molecular complexity index is 345. The minimum Gasteiger partial charge on any atom is -0.319 e. The van der Waals surface area contributed by atoms with E-state index in [-0.39, 0.29) is 11.2 Å². The molecule has 1 aliphatic rings. The topological polar surface area (TPSA) is 12.0 Å². The highest BCUT2D eigenvalue weighted by molar-refractivity contribution is 5.31. The number of hydrogen-bond donors (Lipinski definition) is 1. The molecule has 0 saturated carbocycles. The SMILES string of the molecule is CNCC1(c2ccc(F)cc2)CC=CC1. The largest absolute Gasteiger partial charge is 0.319 e. The zero-order valence-electron chi connectivity index (χ0n) is 8.96. The number of hydrogen-bond acceptors (Lipinski definition) is 1. The Morgan fingerprint density at radius 1 is 1.20 bits per heavy atom. The Kier molecular flexibility index (Phi) is 2.87. The van der Waals surface area contributed by atoms with Gasteiger partial charge in [0.05, 0.1) is 0 Å². The van der Waals surface area contributed by atoms with Gasteiger partial charge in [0.2, 0.25) is 0 Å². The van der Waals surface area contributed by atoms with Crippen molar-refractivity contribution in [2.24, 2.45) is 0 Å². The van der Waals surface area contributed by atoms with Crippen LogP contribution in [0, 0.1) is 5.82 Å². The van der Waals surface area contributed by atoms with E-state index in [9.17, 15) is 4.39 Å². The Labute approximate surface area is 90.0 Å². The van der Waals surface area contributed by atoms with Gasteiger partial charge in [0.1, 0.15) is 5.82 Å². The van der Waals surface area contributed by atoms with Gasteiger partial charge in [-0.2, -0.15) is 0 Å². The average molecular weight is 205 g/mol. The van der Waals surface area contributed by atoms with Crippen LogP contribution in [0.15, 0.2) is 36.4 Å². The van der Waals surface area contributed by atoms with E-state index >= 15 is 0 Å². The molecule has 0 radical (unpaired) electrons. The van der Waals surface area contributed by atoms with Crippen LogP contribution in [0.1, 0.15) is 18.4 Å². The summed E-state index contributed by atoms with van der Waals surface area (Å²) in [5, 5.41) is 3.23. The Balaban J connectivity index is 2.28. The van der Waals surface area contributed by atoms with Gasteiger partial charge in [-0.3, -0.25) is 0 Å². The van der Waals surface area contributed by atoms with Crippen LogP contribution in [0.4, 0.5) is 4.39 Å². The van der Waals surface area contributed by atoms with Crippen LogP contribution in [0.25, 0.3) is 0 Å². The van der Waals surface area contributed by atoms with Crippen molar-refractivity contribution >= 4 is 0 Å². The lowest BCUT2D eigenvalue weighted by Gasteiger charge is -2.29. The van der Waals surface area contributed by atoms with Crippen molar-refractivity contribution in [2.45, 2.75) is 18.3 Å². The predicted octanol–water partition coefficient (Wildman–Crippen LogP) is 2.63. The zero-order valence-corrected chi connectivity index (χ0v) is 8.96. The lowest BCUT2D eigenvalue weighted by atomic mass is 9.78. The number of nitrogens with one attached hydrogen (secondary N) is 1. The third kappa shape index (κ3) is 1.95. The molecular formula is C13H16FN. The van der Waals surface area contributed by atoms with Gasteiger partial charge in [0.25, 0.3) is 0 Å². The van der Waals surface area contributed by atoms with E-state index in [1.807, 2.05) is 19.2 Å². The first-order chi connectivity index (χ1) is 7.27. The second-order valence-electron chi connectivity index (χ2n) is 4.20. The van der Waals surface area contributed by atoms with E-state index in [0.717, 1.165) is 19.4 Å². The first-order valence-electron chi connectivity index (χ1n) is 5.32. The quantitative estimate of drug-likeness (QED) is 0.748. The van der Waals surface area contributed by atoms with E-state index in [4.69, 9.17) is 0 Å². The molecule has 1 aromatic carbocycles. The van der Waals surface area contributed by atoms with Crippen LogP contribution in [0.5, 0.6) is 0 Å². The molecule has 0 bridgehead atoms. The molecule has 0 aromatic heterocycles. The smallest absolute Gasteiger partial charge is 0.123 e. The third-order valence-corrected chi connectivity index (χ3v) is 3.16. The van der Waals surface area contributed by atoms with Crippen LogP contribution in [-0.2, 0) is 5.41 Å². The first kappa shape index (κ1) is 10.4. The highest BCUT2D eigenvalue weighted by Gasteiger charge is 2.31. The van der Waals surface area contributed by atoms with Crippen molar-refractivity contribution in [3.63, 3.8) is 0 Å². The summed E-state index contributed by atoms with van der Waals surface area (Å²) in [5.41, 5.74) is 1.37. The molecular weight excluding hydrogens is 189 g/mol. The monoisotopic (exact) mass is 205 g/mol. The molecule has 1 N–H and O–H groups in total. The number of benzene rings is 1. The molecule has 0 spiro atoms. The molecule has 1 nitrogen and oxygen atoms in total. The summed E-state index contributed by atoms with van der Waals surface area (Å²) in [6, 6.07) is 6.90. The minimum absolute atomic E-state index is 0.141. The summed E-state index contributed by atoms with van der Waals surface area (Å²) < 4.78 is 12.9. The van der Waals surface area contributed by atoms with Gasteiger partial charge >= 0.3 is 0 Å². The standard InChI is InChI=1S/C13H16FN/c1-15-10-13(8-2-3-9-13)11-4-6-12(14)7-5-11/h2-7,15H,8-10H2,1H3. The Morgan fingerprint density at radius 3 is 2.33 bits per heavy atom. The fraction of sp³-hybridized carbons (Fsp3) is 0.385. The Hall–Kier alpha value is -1.15. The molecule has 80 valence electrons. The van der Waals surface area contributed by atoms with Gasteiger partial charge in [-0.1, -0.05) is 24.3 Å². The Morgan fingerprint density at radius 2 is 1.80 bits per heavy atom. The van der Waals surface area contributed by atoms with Gasteiger partial charge in [-0.25, -0.2) is 4.39 Å². The molecule has 0 heterocycles. The van der Waals surface area contributed by atoms with Gasteiger partial charge in [-0.15, -0.1) is 0 Å². The lowest BCUT2D eigenvalue weighted by Crippen LogP contribution is -2.34. The summed E-state index contributed by atoms with van der Waals surface area (Å²) in [6.07, 6.45) is 6.50. The van der Waals surface area contributed by atoms with E-state index in [1.54, 1.807) is 12.1 Å². The molecule has 0 saturated heterocycles. The van der Waals surface area contributed by atoms with Crippen molar-refractivity contribution in [3.05, 3.63) is 47.8 Å². The first-order valence-corrected chi connectivity index (χ1v) is 5.32. The van der Waals surface area contributed by atoms with Crippen molar-refractivity contribution in [1.29, 1.82) is 0 Å².